The zero-order chi connectivity index (χ0) is 14.8. The van der Waals surface area contributed by atoms with Crippen molar-refractivity contribution >= 4 is 10.9 Å². The summed E-state index contributed by atoms with van der Waals surface area (Å²) >= 11 is 0. The Hall–Kier alpha value is -2.46. The average molecular weight is 279 g/mol. The Labute approximate surface area is 123 Å². The second-order valence-corrected chi connectivity index (χ2v) is 5.00. The van der Waals surface area contributed by atoms with Gasteiger partial charge in [-0.3, -0.25) is 4.98 Å². The van der Waals surface area contributed by atoms with E-state index in [2.05, 4.69) is 9.97 Å². The highest BCUT2D eigenvalue weighted by Crippen LogP contribution is 2.30. The van der Waals surface area contributed by atoms with Gasteiger partial charge in [-0.05, 0) is 37.6 Å². The first-order chi connectivity index (χ1) is 10.2. The van der Waals surface area contributed by atoms with Crippen LogP contribution in [0.1, 0.15) is 16.8 Å². The SMILES string of the molecule is Cc1cc(C)c(CN)c(Oc2cccc3cccnc23)n1. The van der Waals surface area contributed by atoms with Gasteiger partial charge in [0.15, 0.2) is 5.75 Å². The molecule has 0 aliphatic carbocycles. The number of hydrogen-bond acceptors (Lipinski definition) is 4. The third-order valence-electron chi connectivity index (χ3n) is 3.44. The van der Waals surface area contributed by atoms with Gasteiger partial charge in [-0.25, -0.2) is 4.98 Å². The van der Waals surface area contributed by atoms with Crippen molar-refractivity contribution < 1.29 is 4.74 Å². The van der Waals surface area contributed by atoms with E-state index in [0.29, 0.717) is 18.2 Å². The fourth-order valence-electron chi connectivity index (χ4n) is 2.42. The molecule has 0 atom stereocenters. The Morgan fingerprint density at radius 2 is 1.95 bits per heavy atom. The van der Waals surface area contributed by atoms with Crippen molar-refractivity contribution in [3.8, 4) is 11.6 Å². The quantitative estimate of drug-likeness (QED) is 0.797. The number of rotatable bonds is 3. The van der Waals surface area contributed by atoms with Crippen molar-refractivity contribution in [3.05, 3.63) is 59.4 Å². The van der Waals surface area contributed by atoms with Crippen LogP contribution in [0.4, 0.5) is 0 Å². The molecule has 2 heterocycles. The van der Waals surface area contributed by atoms with Crippen LogP contribution in [0.5, 0.6) is 11.6 Å². The molecule has 4 nitrogen and oxygen atoms in total. The number of pyridine rings is 2. The fourth-order valence-corrected chi connectivity index (χ4v) is 2.42. The molecular weight excluding hydrogens is 262 g/mol. The number of fused-ring (bicyclic) bond motifs is 1. The molecule has 2 aromatic heterocycles. The van der Waals surface area contributed by atoms with E-state index in [-0.39, 0.29) is 0 Å². The van der Waals surface area contributed by atoms with Crippen LogP contribution in [0.15, 0.2) is 42.6 Å². The number of benzene rings is 1. The first kappa shape index (κ1) is 13.5. The smallest absolute Gasteiger partial charge is 0.224 e. The van der Waals surface area contributed by atoms with Gasteiger partial charge in [-0.2, -0.15) is 0 Å². The van der Waals surface area contributed by atoms with E-state index >= 15 is 0 Å². The van der Waals surface area contributed by atoms with Gasteiger partial charge in [0.25, 0.3) is 0 Å². The lowest BCUT2D eigenvalue weighted by Gasteiger charge is -2.13. The Morgan fingerprint density at radius 3 is 2.76 bits per heavy atom. The standard InChI is InChI=1S/C17H17N3O/c1-11-9-12(2)20-17(14(11)10-18)21-15-7-3-5-13-6-4-8-19-16(13)15/h3-9H,10,18H2,1-2H3. The van der Waals surface area contributed by atoms with E-state index in [1.54, 1.807) is 6.20 Å². The Kier molecular flexibility index (Phi) is 3.54. The summed E-state index contributed by atoms with van der Waals surface area (Å²) in [7, 11) is 0. The van der Waals surface area contributed by atoms with E-state index in [1.807, 2.05) is 50.2 Å². The van der Waals surface area contributed by atoms with Crippen LogP contribution in [0.3, 0.4) is 0 Å². The molecule has 0 bridgehead atoms. The van der Waals surface area contributed by atoms with Crippen molar-refractivity contribution in [2.24, 2.45) is 5.73 Å². The summed E-state index contributed by atoms with van der Waals surface area (Å²) in [4.78, 5) is 8.87. The fraction of sp³-hybridized carbons (Fsp3) is 0.176. The molecule has 0 radical (unpaired) electrons. The second kappa shape index (κ2) is 5.50. The molecule has 1 aromatic carbocycles. The summed E-state index contributed by atoms with van der Waals surface area (Å²) in [5, 5.41) is 1.04. The van der Waals surface area contributed by atoms with E-state index in [4.69, 9.17) is 10.5 Å². The second-order valence-electron chi connectivity index (χ2n) is 5.00. The van der Waals surface area contributed by atoms with Gasteiger partial charge in [0.05, 0.1) is 0 Å². The zero-order valence-corrected chi connectivity index (χ0v) is 12.1. The predicted octanol–water partition coefficient (Wildman–Crippen LogP) is 3.50. The molecule has 0 unspecified atom stereocenters. The van der Waals surface area contributed by atoms with Gasteiger partial charge in [-0.15, -0.1) is 0 Å². The van der Waals surface area contributed by atoms with E-state index in [1.165, 1.54) is 0 Å². The van der Waals surface area contributed by atoms with Crippen molar-refractivity contribution in [1.82, 2.24) is 9.97 Å². The minimum Gasteiger partial charge on any atom is -0.436 e. The summed E-state index contributed by atoms with van der Waals surface area (Å²) < 4.78 is 6.02. The largest absolute Gasteiger partial charge is 0.436 e. The minimum atomic E-state index is 0.395. The topological polar surface area (TPSA) is 61.0 Å². The van der Waals surface area contributed by atoms with Gasteiger partial charge in [-0.1, -0.05) is 18.2 Å². The third kappa shape index (κ3) is 2.58. The normalized spacial score (nSPS) is 10.8. The maximum Gasteiger partial charge on any atom is 0.224 e. The number of para-hydroxylation sites is 1. The monoisotopic (exact) mass is 279 g/mol. The van der Waals surface area contributed by atoms with Gasteiger partial charge in [0, 0.05) is 29.4 Å². The van der Waals surface area contributed by atoms with Crippen molar-refractivity contribution in [2.75, 3.05) is 0 Å². The number of nitrogens with two attached hydrogens (primary N) is 1. The van der Waals surface area contributed by atoms with Crippen LogP contribution in [-0.2, 0) is 6.54 Å². The number of hydrogen-bond donors (Lipinski definition) is 1. The van der Waals surface area contributed by atoms with Crippen LogP contribution in [-0.4, -0.2) is 9.97 Å². The number of aromatic nitrogens is 2. The lowest BCUT2D eigenvalue weighted by Crippen LogP contribution is -2.05. The third-order valence-corrected chi connectivity index (χ3v) is 3.44. The van der Waals surface area contributed by atoms with Crippen molar-refractivity contribution in [1.29, 1.82) is 0 Å². The zero-order valence-electron chi connectivity index (χ0n) is 12.1. The molecule has 0 spiro atoms. The molecule has 4 heteroatoms. The number of nitrogens with zero attached hydrogens (tertiary/aromatic N) is 2. The Balaban J connectivity index is 2.11. The summed E-state index contributed by atoms with van der Waals surface area (Å²) in [5.74, 6) is 1.26. The highest BCUT2D eigenvalue weighted by molar-refractivity contribution is 5.84. The maximum absolute atomic E-state index is 6.02. The first-order valence-corrected chi connectivity index (χ1v) is 6.88. The lowest BCUT2D eigenvalue weighted by atomic mass is 10.1. The lowest BCUT2D eigenvalue weighted by molar-refractivity contribution is 0.458. The average Bonchev–Trinajstić information content (AvgIpc) is 2.47. The Morgan fingerprint density at radius 1 is 1.14 bits per heavy atom. The van der Waals surface area contributed by atoms with E-state index < -0.39 is 0 Å². The Bertz CT molecular complexity index is 794. The number of aryl methyl sites for hydroxylation is 2. The van der Waals surface area contributed by atoms with Gasteiger partial charge < -0.3 is 10.5 Å². The summed E-state index contributed by atoms with van der Waals surface area (Å²) in [6, 6.07) is 11.8. The van der Waals surface area contributed by atoms with Gasteiger partial charge in [0.2, 0.25) is 5.88 Å². The molecule has 2 N–H and O–H groups in total. The molecular formula is C17H17N3O. The van der Waals surface area contributed by atoms with Crippen LogP contribution in [0.25, 0.3) is 10.9 Å². The molecule has 0 aliphatic heterocycles. The van der Waals surface area contributed by atoms with Gasteiger partial charge >= 0.3 is 0 Å². The van der Waals surface area contributed by atoms with E-state index in [0.717, 1.165) is 27.7 Å². The molecule has 0 amide bonds. The highest BCUT2D eigenvalue weighted by atomic mass is 16.5. The van der Waals surface area contributed by atoms with Crippen molar-refractivity contribution in [3.63, 3.8) is 0 Å². The molecule has 0 fully saturated rings. The molecule has 21 heavy (non-hydrogen) atoms. The maximum atomic E-state index is 6.02. The van der Waals surface area contributed by atoms with Crippen LogP contribution in [0.2, 0.25) is 0 Å². The predicted molar refractivity (Wildman–Crippen MR) is 83.4 cm³/mol. The molecule has 3 rings (SSSR count). The van der Waals surface area contributed by atoms with Crippen molar-refractivity contribution in [2.45, 2.75) is 20.4 Å². The van der Waals surface area contributed by atoms with E-state index in [9.17, 15) is 0 Å². The summed E-state index contributed by atoms with van der Waals surface area (Å²) in [6.45, 7) is 4.36. The molecule has 0 saturated heterocycles. The molecule has 3 aromatic rings. The highest BCUT2D eigenvalue weighted by Gasteiger charge is 2.12. The summed E-state index contributed by atoms with van der Waals surface area (Å²) in [6.07, 6.45) is 1.76. The molecule has 0 saturated carbocycles. The summed E-state index contributed by atoms with van der Waals surface area (Å²) in [5.41, 5.74) is 9.58. The minimum absolute atomic E-state index is 0.395. The van der Waals surface area contributed by atoms with Crippen LogP contribution < -0.4 is 10.5 Å². The molecule has 106 valence electrons. The molecule has 0 aliphatic rings. The van der Waals surface area contributed by atoms with Gasteiger partial charge in [0.1, 0.15) is 5.52 Å². The number of ether oxygens (including phenoxy) is 1. The first-order valence-electron chi connectivity index (χ1n) is 6.88. The van der Waals surface area contributed by atoms with Crippen LogP contribution in [0, 0.1) is 13.8 Å². The van der Waals surface area contributed by atoms with Crippen LogP contribution >= 0.6 is 0 Å².